The summed E-state index contributed by atoms with van der Waals surface area (Å²) in [5.74, 6) is 2.83. The van der Waals surface area contributed by atoms with Gasteiger partial charge in [0.15, 0.2) is 5.89 Å². The van der Waals surface area contributed by atoms with E-state index in [4.69, 9.17) is 20.8 Å². The Morgan fingerprint density at radius 2 is 2.47 bits per heavy atom. The van der Waals surface area contributed by atoms with Crippen LogP contribution in [0, 0.1) is 0 Å². The molecular formula is C11H16ClNO2. The minimum atomic E-state index is 0.399. The van der Waals surface area contributed by atoms with Crippen molar-refractivity contribution in [3.8, 4) is 0 Å². The van der Waals surface area contributed by atoms with Crippen molar-refractivity contribution < 1.29 is 9.15 Å². The lowest BCUT2D eigenvalue weighted by atomic mass is 10.0. The molecule has 1 atom stereocenters. The number of aromatic nitrogens is 1. The Bertz CT molecular complexity index is 295. The van der Waals surface area contributed by atoms with Gasteiger partial charge in [-0.2, -0.15) is 0 Å². The summed E-state index contributed by atoms with van der Waals surface area (Å²) in [6.07, 6.45) is 5.84. The molecule has 15 heavy (non-hydrogen) atoms. The van der Waals surface area contributed by atoms with E-state index in [9.17, 15) is 0 Å². The van der Waals surface area contributed by atoms with Crippen LogP contribution in [0.4, 0.5) is 0 Å². The van der Waals surface area contributed by atoms with Gasteiger partial charge in [-0.05, 0) is 19.3 Å². The fourth-order valence-corrected chi connectivity index (χ4v) is 1.95. The van der Waals surface area contributed by atoms with E-state index in [2.05, 4.69) is 4.98 Å². The SMILES string of the molecule is ClCCCc1ncc(C2CCCOC2)o1. The van der Waals surface area contributed by atoms with Gasteiger partial charge in [0, 0.05) is 24.8 Å². The summed E-state index contributed by atoms with van der Waals surface area (Å²) in [6, 6.07) is 0. The summed E-state index contributed by atoms with van der Waals surface area (Å²) < 4.78 is 11.1. The van der Waals surface area contributed by atoms with Crippen LogP contribution >= 0.6 is 11.6 Å². The molecule has 1 saturated heterocycles. The molecule has 0 aliphatic carbocycles. The van der Waals surface area contributed by atoms with Crippen LogP contribution < -0.4 is 0 Å². The molecule has 2 rings (SSSR count). The number of rotatable bonds is 4. The summed E-state index contributed by atoms with van der Waals surface area (Å²) in [6.45, 7) is 1.65. The van der Waals surface area contributed by atoms with E-state index in [1.54, 1.807) is 0 Å². The Morgan fingerprint density at radius 1 is 1.53 bits per heavy atom. The Balaban J connectivity index is 1.93. The van der Waals surface area contributed by atoms with Crippen molar-refractivity contribution in [1.82, 2.24) is 4.98 Å². The third-order valence-corrected chi connectivity index (χ3v) is 2.93. The van der Waals surface area contributed by atoms with Crippen molar-refractivity contribution in [1.29, 1.82) is 0 Å². The second-order valence-electron chi connectivity index (χ2n) is 3.86. The number of ether oxygens (including phenoxy) is 1. The first-order chi connectivity index (χ1) is 7.40. The standard InChI is InChI=1S/C11H16ClNO2/c12-5-1-4-11-13-7-10(15-11)9-3-2-6-14-8-9/h7,9H,1-6,8H2. The Morgan fingerprint density at radius 3 is 3.20 bits per heavy atom. The lowest BCUT2D eigenvalue weighted by molar-refractivity contribution is 0.0738. The molecule has 0 radical (unpaired) electrons. The number of nitrogens with zero attached hydrogens (tertiary/aromatic N) is 1. The van der Waals surface area contributed by atoms with Crippen LogP contribution in [0.25, 0.3) is 0 Å². The van der Waals surface area contributed by atoms with Crippen molar-refractivity contribution in [3.05, 3.63) is 17.8 Å². The molecule has 1 unspecified atom stereocenters. The first kappa shape index (κ1) is 11.0. The first-order valence-corrected chi connectivity index (χ1v) is 6.02. The summed E-state index contributed by atoms with van der Waals surface area (Å²) in [5, 5.41) is 0. The van der Waals surface area contributed by atoms with E-state index in [0.717, 1.165) is 50.5 Å². The van der Waals surface area contributed by atoms with Crippen molar-refractivity contribution in [2.75, 3.05) is 19.1 Å². The van der Waals surface area contributed by atoms with Gasteiger partial charge in [0.05, 0.1) is 12.8 Å². The summed E-state index contributed by atoms with van der Waals surface area (Å²) in [4.78, 5) is 4.25. The smallest absolute Gasteiger partial charge is 0.194 e. The zero-order valence-corrected chi connectivity index (χ0v) is 9.50. The van der Waals surface area contributed by atoms with E-state index in [-0.39, 0.29) is 0 Å². The average Bonchev–Trinajstić information content (AvgIpc) is 2.76. The maximum absolute atomic E-state index is 5.68. The number of aryl methyl sites for hydroxylation is 1. The quantitative estimate of drug-likeness (QED) is 0.745. The van der Waals surface area contributed by atoms with Crippen molar-refractivity contribution >= 4 is 11.6 Å². The van der Waals surface area contributed by atoms with Crippen LogP contribution in [0.1, 0.15) is 36.8 Å². The molecule has 0 saturated carbocycles. The molecule has 0 aromatic carbocycles. The summed E-state index contributed by atoms with van der Waals surface area (Å²) in [7, 11) is 0. The monoisotopic (exact) mass is 229 g/mol. The second-order valence-corrected chi connectivity index (χ2v) is 4.24. The summed E-state index contributed by atoms with van der Waals surface area (Å²) in [5.41, 5.74) is 0. The van der Waals surface area contributed by atoms with Crippen LogP contribution in [0.15, 0.2) is 10.6 Å². The van der Waals surface area contributed by atoms with Crippen LogP contribution in [-0.2, 0) is 11.2 Å². The largest absolute Gasteiger partial charge is 0.445 e. The van der Waals surface area contributed by atoms with Gasteiger partial charge in [-0.3, -0.25) is 0 Å². The first-order valence-electron chi connectivity index (χ1n) is 5.48. The van der Waals surface area contributed by atoms with Gasteiger partial charge in [0.1, 0.15) is 5.76 Å². The van der Waals surface area contributed by atoms with Gasteiger partial charge in [-0.15, -0.1) is 11.6 Å². The number of hydrogen-bond donors (Lipinski definition) is 0. The van der Waals surface area contributed by atoms with Crippen LogP contribution in [0.2, 0.25) is 0 Å². The molecule has 1 aromatic heterocycles. The zero-order valence-electron chi connectivity index (χ0n) is 8.75. The molecule has 1 aromatic rings. The lowest BCUT2D eigenvalue weighted by Crippen LogP contribution is -2.14. The molecule has 1 aliphatic heterocycles. The van der Waals surface area contributed by atoms with E-state index in [0.29, 0.717) is 11.8 Å². The fraction of sp³-hybridized carbons (Fsp3) is 0.727. The maximum Gasteiger partial charge on any atom is 0.194 e. The van der Waals surface area contributed by atoms with Crippen LogP contribution in [0.3, 0.4) is 0 Å². The molecule has 1 fully saturated rings. The van der Waals surface area contributed by atoms with Gasteiger partial charge in [-0.1, -0.05) is 0 Å². The Hall–Kier alpha value is -0.540. The Kier molecular flexibility index (Phi) is 4.03. The van der Waals surface area contributed by atoms with E-state index in [1.165, 1.54) is 0 Å². The number of alkyl halides is 1. The number of hydrogen-bond acceptors (Lipinski definition) is 3. The second kappa shape index (κ2) is 5.52. The van der Waals surface area contributed by atoms with Gasteiger partial charge in [-0.25, -0.2) is 4.98 Å². The maximum atomic E-state index is 5.68. The van der Waals surface area contributed by atoms with Gasteiger partial charge >= 0.3 is 0 Å². The Labute approximate surface area is 94.8 Å². The van der Waals surface area contributed by atoms with Crippen LogP contribution in [0.5, 0.6) is 0 Å². The highest BCUT2D eigenvalue weighted by atomic mass is 35.5. The predicted octanol–water partition coefficient (Wildman–Crippen LogP) is 2.74. The van der Waals surface area contributed by atoms with Crippen molar-refractivity contribution in [2.24, 2.45) is 0 Å². The lowest BCUT2D eigenvalue weighted by Gasteiger charge is -2.19. The third kappa shape index (κ3) is 2.95. The van der Waals surface area contributed by atoms with E-state index < -0.39 is 0 Å². The summed E-state index contributed by atoms with van der Waals surface area (Å²) >= 11 is 5.62. The zero-order chi connectivity index (χ0) is 10.5. The molecular weight excluding hydrogens is 214 g/mol. The van der Waals surface area contributed by atoms with Gasteiger partial charge in [0.25, 0.3) is 0 Å². The third-order valence-electron chi connectivity index (χ3n) is 2.66. The molecule has 84 valence electrons. The molecule has 4 heteroatoms. The van der Waals surface area contributed by atoms with E-state index in [1.807, 2.05) is 6.20 Å². The highest BCUT2D eigenvalue weighted by molar-refractivity contribution is 6.17. The molecule has 2 heterocycles. The number of halogens is 1. The number of oxazole rings is 1. The minimum absolute atomic E-state index is 0.399. The van der Waals surface area contributed by atoms with Gasteiger partial charge < -0.3 is 9.15 Å². The van der Waals surface area contributed by atoms with Crippen molar-refractivity contribution in [3.63, 3.8) is 0 Å². The average molecular weight is 230 g/mol. The molecule has 3 nitrogen and oxygen atoms in total. The highest BCUT2D eigenvalue weighted by Gasteiger charge is 2.19. The molecule has 1 aliphatic rings. The van der Waals surface area contributed by atoms with Gasteiger partial charge in [0.2, 0.25) is 0 Å². The predicted molar refractivity (Wildman–Crippen MR) is 58.3 cm³/mol. The highest BCUT2D eigenvalue weighted by Crippen LogP contribution is 2.25. The molecule has 0 spiro atoms. The molecule has 0 amide bonds. The minimum Gasteiger partial charge on any atom is -0.445 e. The normalized spacial score (nSPS) is 21.8. The van der Waals surface area contributed by atoms with E-state index >= 15 is 0 Å². The fourth-order valence-electron chi connectivity index (χ4n) is 1.81. The topological polar surface area (TPSA) is 35.3 Å². The molecule has 0 N–H and O–H groups in total. The van der Waals surface area contributed by atoms with Crippen LogP contribution in [-0.4, -0.2) is 24.1 Å². The molecule has 0 bridgehead atoms. The van der Waals surface area contributed by atoms with Crippen molar-refractivity contribution in [2.45, 2.75) is 31.6 Å².